The number of hydrogen-bond acceptors (Lipinski definition) is 4. The van der Waals surface area contributed by atoms with Gasteiger partial charge in [0, 0.05) is 5.41 Å². The van der Waals surface area contributed by atoms with Crippen molar-refractivity contribution < 1.29 is 0 Å². The van der Waals surface area contributed by atoms with Gasteiger partial charge in [0.15, 0.2) is 0 Å². The number of nitrogens with zero attached hydrogens (tertiary/aromatic N) is 2. The molecular weight excluding hydrogens is 194 g/mol. The van der Waals surface area contributed by atoms with Crippen LogP contribution in [-0.4, -0.2) is 17.2 Å². The van der Waals surface area contributed by atoms with Gasteiger partial charge in [0.2, 0.25) is 0 Å². The van der Waals surface area contributed by atoms with Gasteiger partial charge in [-0.3, -0.25) is 0 Å². The van der Waals surface area contributed by atoms with Crippen molar-refractivity contribution in [1.82, 2.24) is 15.5 Å². The van der Waals surface area contributed by atoms with Crippen LogP contribution in [0.4, 0.5) is 0 Å². The standard InChI is InChI=1S/C10H19N3S/c1-6-10(3,4)9-13-12-8(14-9)7(2)11-5/h7,11H,6H2,1-5H3. The van der Waals surface area contributed by atoms with Crippen molar-refractivity contribution in [2.75, 3.05) is 7.05 Å². The minimum absolute atomic E-state index is 0.156. The molecule has 0 aliphatic carbocycles. The average molecular weight is 213 g/mol. The van der Waals surface area contributed by atoms with Crippen LogP contribution in [0.5, 0.6) is 0 Å². The molecule has 1 aromatic heterocycles. The molecule has 0 aliphatic heterocycles. The number of nitrogens with one attached hydrogen (secondary N) is 1. The summed E-state index contributed by atoms with van der Waals surface area (Å²) in [6, 6.07) is 0.300. The van der Waals surface area contributed by atoms with E-state index in [0.29, 0.717) is 6.04 Å². The monoisotopic (exact) mass is 213 g/mol. The first-order valence-corrected chi connectivity index (χ1v) is 5.84. The summed E-state index contributed by atoms with van der Waals surface area (Å²) in [6.07, 6.45) is 1.09. The van der Waals surface area contributed by atoms with Crippen molar-refractivity contribution in [3.63, 3.8) is 0 Å². The van der Waals surface area contributed by atoms with Gasteiger partial charge in [-0.2, -0.15) is 0 Å². The van der Waals surface area contributed by atoms with E-state index in [4.69, 9.17) is 0 Å². The number of aromatic nitrogens is 2. The van der Waals surface area contributed by atoms with E-state index in [0.717, 1.165) is 16.4 Å². The van der Waals surface area contributed by atoms with Crippen molar-refractivity contribution in [3.05, 3.63) is 10.0 Å². The molecule has 80 valence electrons. The molecule has 0 aromatic carbocycles. The van der Waals surface area contributed by atoms with Gasteiger partial charge in [0.05, 0.1) is 6.04 Å². The van der Waals surface area contributed by atoms with Gasteiger partial charge >= 0.3 is 0 Å². The first kappa shape index (κ1) is 11.6. The Morgan fingerprint density at radius 1 is 1.43 bits per heavy atom. The van der Waals surface area contributed by atoms with E-state index in [9.17, 15) is 0 Å². The number of rotatable bonds is 4. The molecule has 1 aromatic rings. The molecule has 0 bridgehead atoms. The lowest BCUT2D eigenvalue weighted by Gasteiger charge is -2.17. The molecule has 0 spiro atoms. The van der Waals surface area contributed by atoms with Crippen LogP contribution in [0, 0.1) is 0 Å². The third kappa shape index (κ3) is 2.30. The molecule has 0 fully saturated rings. The van der Waals surface area contributed by atoms with Crippen LogP contribution in [0.2, 0.25) is 0 Å². The zero-order valence-corrected chi connectivity index (χ0v) is 10.4. The van der Waals surface area contributed by atoms with Crippen molar-refractivity contribution in [1.29, 1.82) is 0 Å². The first-order chi connectivity index (χ1) is 6.51. The fourth-order valence-electron chi connectivity index (χ4n) is 0.958. The first-order valence-electron chi connectivity index (χ1n) is 5.02. The fraction of sp³-hybridized carbons (Fsp3) is 0.800. The average Bonchev–Trinajstić information content (AvgIpc) is 2.66. The largest absolute Gasteiger partial charge is 0.311 e. The van der Waals surface area contributed by atoms with Crippen LogP contribution >= 0.6 is 11.3 Å². The highest BCUT2D eigenvalue weighted by Gasteiger charge is 2.23. The Balaban J connectivity index is 2.88. The summed E-state index contributed by atoms with van der Waals surface area (Å²) < 4.78 is 0. The lowest BCUT2D eigenvalue weighted by molar-refractivity contribution is 0.498. The van der Waals surface area contributed by atoms with Gasteiger partial charge in [-0.15, -0.1) is 10.2 Å². The van der Waals surface area contributed by atoms with Crippen LogP contribution < -0.4 is 5.32 Å². The minimum atomic E-state index is 0.156. The molecule has 0 aliphatic rings. The van der Waals surface area contributed by atoms with E-state index < -0.39 is 0 Å². The molecule has 1 atom stereocenters. The smallest absolute Gasteiger partial charge is 0.134 e. The molecule has 3 nitrogen and oxygen atoms in total. The third-order valence-electron chi connectivity index (χ3n) is 2.71. The van der Waals surface area contributed by atoms with E-state index in [-0.39, 0.29) is 5.41 Å². The molecule has 14 heavy (non-hydrogen) atoms. The molecule has 1 heterocycles. The highest BCUT2D eigenvalue weighted by molar-refractivity contribution is 7.11. The fourth-order valence-corrected chi connectivity index (χ4v) is 2.03. The topological polar surface area (TPSA) is 37.8 Å². The van der Waals surface area contributed by atoms with Crippen molar-refractivity contribution >= 4 is 11.3 Å². The zero-order chi connectivity index (χ0) is 10.8. The maximum Gasteiger partial charge on any atom is 0.134 e. The summed E-state index contributed by atoms with van der Waals surface area (Å²) >= 11 is 1.71. The Bertz CT molecular complexity index is 293. The summed E-state index contributed by atoms with van der Waals surface area (Å²) in [7, 11) is 1.94. The highest BCUT2D eigenvalue weighted by atomic mass is 32.1. The molecule has 1 N–H and O–H groups in total. The predicted octanol–water partition coefficient (Wildman–Crippen LogP) is 2.51. The predicted molar refractivity (Wildman–Crippen MR) is 60.7 cm³/mol. The van der Waals surface area contributed by atoms with E-state index in [1.54, 1.807) is 11.3 Å². The lowest BCUT2D eigenvalue weighted by Crippen LogP contribution is -2.14. The zero-order valence-electron chi connectivity index (χ0n) is 9.59. The lowest BCUT2D eigenvalue weighted by atomic mass is 9.91. The molecule has 0 radical (unpaired) electrons. The third-order valence-corrected chi connectivity index (χ3v) is 4.18. The quantitative estimate of drug-likeness (QED) is 0.835. The van der Waals surface area contributed by atoms with Gasteiger partial charge < -0.3 is 5.32 Å². The highest BCUT2D eigenvalue weighted by Crippen LogP contribution is 2.30. The van der Waals surface area contributed by atoms with Crippen molar-refractivity contribution in [3.8, 4) is 0 Å². The molecule has 1 unspecified atom stereocenters. The second-order valence-corrected chi connectivity index (χ2v) is 5.20. The second-order valence-electron chi connectivity index (χ2n) is 4.19. The number of hydrogen-bond donors (Lipinski definition) is 1. The summed E-state index contributed by atoms with van der Waals surface area (Å²) in [4.78, 5) is 0. The van der Waals surface area contributed by atoms with E-state index in [2.05, 4.69) is 43.2 Å². The molecule has 0 saturated carbocycles. The Kier molecular flexibility index (Phi) is 3.61. The molecule has 0 amide bonds. The van der Waals surface area contributed by atoms with Gasteiger partial charge in [0.25, 0.3) is 0 Å². The van der Waals surface area contributed by atoms with Crippen LogP contribution in [0.15, 0.2) is 0 Å². The summed E-state index contributed by atoms with van der Waals surface area (Å²) in [5.41, 5.74) is 0.156. The van der Waals surface area contributed by atoms with Gasteiger partial charge in [-0.05, 0) is 20.4 Å². The molecule has 1 rings (SSSR count). The summed E-state index contributed by atoms with van der Waals surface area (Å²) in [5.74, 6) is 0. The van der Waals surface area contributed by atoms with Gasteiger partial charge in [-0.1, -0.05) is 32.1 Å². The Morgan fingerprint density at radius 3 is 2.57 bits per heavy atom. The summed E-state index contributed by atoms with van der Waals surface area (Å²) in [5, 5.41) is 13.8. The van der Waals surface area contributed by atoms with Crippen LogP contribution in [0.3, 0.4) is 0 Å². The van der Waals surface area contributed by atoms with E-state index >= 15 is 0 Å². The SMILES string of the molecule is CCC(C)(C)c1nnc(C(C)NC)s1. The molecule has 4 heteroatoms. The Morgan fingerprint density at radius 2 is 2.07 bits per heavy atom. The normalized spacial score (nSPS) is 14.4. The van der Waals surface area contributed by atoms with Crippen molar-refractivity contribution in [2.45, 2.75) is 45.6 Å². The van der Waals surface area contributed by atoms with Crippen LogP contribution in [0.25, 0.3) is 0 Å². The molecular formula is C10H19N3S. The van der Waals surface area contributed by atoms with Crippen molar-refractivity contribution in [2.24, 2.45) is 0 Å². The maximum atomic E-state index is 4.26. The molecule has 0 saturated heterocycles. The minimum Gasteiger partial charge on any atom is -0.311 e. The summed E-state index contributed by atoms with van der Waals surface area (Å²) in [6.45, 7) is 8.70. The Hall–Kier alpha value is -0.480. The Labute approximate surface area is 89.9 Å². The van der Waals surface area contributed by atoms with E-state index in [1.165, 1.54) is 0 Å². The van der Waals surface area contributed by atoms with Crippen LogP contribution in [0.1, 0.15) is 50.2 Å². The van der Waals surface area contributed by atoms with Gasteiger partial charge in [-0.25, -0.2) is 0 Å². The maximum absolute atomic E-state index is 4.26. The second kappa shape index (κ2) is 4.36. The van der Waals surface area contributed by atoms with Gasteiger partial charge in [0.1, 0.15) is 10.0 Å². The van der Waals surface area contributed by atoms with Crippen LogP contribution in [-0.2, 0) is 5.41 Å². The van der Waals surface area contributed by atoms with E-state index in [1.807, 2.05) is 7.05 Å².